The Bertz CT molecular complexity index is 1480. The molecule has 0 saturated carbocycles. The van der Waals surface area contributed by atoms with E-state index >= 15 is 0 Å². The fourth-order valence-electron chi connectivity index (χ4n) is 3.68. The number of halogens is 1. The molecule has 0 amide bonds. The fourth-order valence-corrected chi connectivity index (χ4v) is 4.85. The van der Waals surface area contributed by atoms with Crippen molar-refractivity contribution >= 4 is 35.0 Å². The van der Waals surface area contributed by atoms with Gasteiger partial charge in [-0.3, -0.25) is 9.36 Å². The Morgan fingerprint density at radius 3 is 2.59 bits per heavy atom. The Labute approximate surface area is 204 Å². The number of nitriles is 1. The average molecular weight is 494 g/mol. The van der Waals surface area contributed by atoms with Gasteiger partial charge in [0.2, 0.25) is 0 Å². The number of hydrogen-bond acceptors (Lipinski definition) is 7. The number of carbonyl (C=O) groups excluding carboxylic acids is 1. The summed E-state index contributed by atoms with van der Waals surface area (Å²) >= 11 is 7.32. The molecule has 0 N–H and O–H groups in total. The van der Waals surface area contributed by atoms with E-state index in [1.54, 1.807) is 68.5 Å². The maximum atomic E-state index is 13.5. The molecule has 1 aliphatic heterocycles. The quantitative estimate of drug-likeness (QED) is 0.491. The first kappa shape index (κ1) is 23.5. The van der Waals surface area contributed by atoms with Crippen molar-refractivity contribution in [1.29, 1.82) is 5.26 Å². The van der Waals surface area contributed by atoms with Crippen LogP contribution < -0.4 is 19.6 Å². The highest BCUT2D eigenvalue weighted by Gasteiger charge is 2.33. The third kappa shape index (κ3) is 4.67. The normalized spacial score (nSPS) is 15.4. The molecular weight excluding hydrogens is 474 g/mol. The van der Waals surface area contributed by atoms with E-state index in [1.165, 1.54) is 15.9 Å². The predicted molar refractivity (Wildman–Crippen MR) is 129 cm³/mol. The fraction of sp³-hybridized carbons (Fsp3) is 0.200. The van der Waals surface area contributed by atoms with Crippen LogP contribution in [0.1, 0.15) is 31.0 Å². The number of ether oxygens (including phenoxy) is 2. The van der Waals surface area contributed by atoms with Crippen LogP contribution in [0.5, 0.6) is 5.75 Å². The van der Waals surface area contributed by atoms with E-state index in [2.05, 4.69) is 4.99 Å². The van der Waals surface area contributed by atoms with Crippen LogP contribution in [0.3, 0.4) is 0 Å². The minimum absolute atomic E-state index is 0.0369. The van der Waals surface area contributed by atoms with Gasteiger partial charge in [0.1, 0.15) is 11.8 Å². The van der Waals surface area contributed by atoms with Crippen molar-refractivity contribution in [3.63, 3.8) is 0 Å². The van der Waals surface area contributed by atoms with Crippen molar-refractivity contribution in [3.8, 4) is 11.8 Å². The first-order valence-corrected chi connectivity index (χ1v) is 11.7. The van der Waals surface area contributed by atoms with Gasteiger partial charge in [-0.25, -0.2) is 9.79 Å². The van der Waals surface area contributed by atoms with E-state index in [-0.39, 0.29) is 18.8 Å². The lowest BCUT2D eigenvalue weighted by atomic mass is 9.96. The van der Waals surface area contributed by atoms with Gasteiger partial charge in [0, 0.05) is 5.02 Å². The summed E-state index contributed by atoms with van der Waals surface area (Å²) < 4.78 is 12.6. The number of allylic oxidation sites excluding steroid dienone is 1. The number of thiazole rings is 1. The predicted octanol–water partition coefficient (Wildman–Crippen LogP) is 3.35. The molecule has 2 heterocycles. The molecule has 3 aromatic rings. The number of benzene rings is 2. The third-order valence-corrected chi connectivity index (χ3v) is 6.42. The number of hydrogen-bond donors (Lipinski definition) is 0. The highest BCUT2D eigenvalue weighted by Crippen LogP contribution is 2.31. The van der Waals surface area contributed by atoms with Gasteiger partial charge in [0.25, 0.3) is 5.56 Å². The first-order chi connectivity index (χ1) is 16.4. The van der Waals surface area contributed by atoms with E-state index < -0.39 is 12.0 Å². The largest absolute Gasteiger partial charge is 0.479 e. The van der Waals surface area contributed by atoms with Gasteiger partial charge in [-0.1, -0.05) is 47.2 Å². The Morgan fingerprint density at radius 1 is 1.24 bits per heavy atom. The molecule has 34 heavy (non-hydrogen) atoms. The molecule has 0 bridgehead atoms. The summed E-state index contributed by atoms with van der Waals surface area (Å²) in [5.74, 6) is 0.0588. The van der Waals surface area contributed by atoms with E-state index in [0.717, 1.165) is 11.1 Å². The lowest BCUT2D eigenvalue weighted by molar-refractivity contribution is -0.139. The number of nitrogens with zero attached hydrogens (tertiary/aromatic N) is 3. The minimum atomic E-state index is -0.684. The molecule has 1 aromatic heterocycles. The second-order valence-electron chi connectivity index (χ2n) is 7.37. The van der Waals surface area contributed by atoms with Crippen molar-refractivity contribution in [1.82, 2.24) is 4.57 Å². The summed E-state index contributed by atoms with van der Waals surface area (Å²) in [4.78, 5) is 31.5. The van der Waals surface area contributed by atoms with E-state index in [4.69, 9.17) is 26.3 Å². The zero-order chi connectivity index (χ0) is 24.2. The lowest BCUT2D eigenvalue weighted by Crippen LogP contribution is -2.39. The van der Waals surface area contributed by atoms with Crippen LogP contribution in [-0.2, 0) is 9.53 Å². The smallest absolute Gasteiger partial charge is 0.338 e. The Kier molecular flexibility index (Phi) is 6.96. The summed E-state index contributed by atoms with van der Waals surface area (Å²) in [5.41, 5.74) is 2.09. The Hall–Kier alpha value is -3.67. The zero-order valence-corrected chi connectivity index (χ0v) is 20.0. The molecule has 9 heteroatoms. The summed E-state index contributed by atoms with van der Waals surface area (Å²) in [7, 11) is 0. The second-order valence-corrected chi connectivity index (χ2v) is 8.82. The summed E-state index contributed by atoms with van der Waals surface area (Å²) in [6.45, 7) is 3.65. The first-order valence-electron chi connectivity index (χ1n) is 10.5. The molecule has 0 spiro atoms. The van der Waals surface area contributed by atoms with E-state index in [0.29, 0.717) is 31.4 Å². The van der Waals surface area contributed by atoms with Crippen molar-refractivity contribution in [2.45, 2.75) is 19.9 Å². The van der Waals surface area contributed by atoms with Crippen LogP contribution in [0.2, 0.25) is 5.02 Å². The molecule has 0 saturated heterocycles. The monoisotopic (exact) mass is 493 g/mol. The van der Waals surface area contributed by atoms with Crippen LogP contribution in [-0.4, -0.2) is 23.8 Å². The summed E-state index contributed by atoms with van der Waals surface area (Å²) in [6, 6.07) is 15.3. The van der Waals surface area contributed by atoms with E-state index in [9.17, 15) is 9.59 Å². The number of fused-ring (bicyclic) bond motifs is 1. The number of esters is 1. The molecule has 1 aliphatic rings. The van der Waals surface area contributed by atoms with Gasteiger partial charge >= 0.3 is 5.97 Å². The minimum Gasteiger partial charge on any atom is -0.479 e. The number of carbonyl (C=O) groups is 1. The maximum absolute atomic E-state index is 13.5. The standard InChI is InChI=1S/C25H20ClN3O4S/c1-3-32-24(31)21-15(2)28-25-29(22(21)17-6-8-18(26)9-7-17)23(30)20(34-25)14-16-4-10-19(11-5-16)33-13-12-27/h4-11,14,22H,3,13H2,1-2H3/b20-14-/t22-/m0/s1. The maximum Gasteiger partial charge on any atom is 0.338 e. The molecule has 0 fully saturated rings. The zero-order valence-electron chi connectivity index (χ0n) is 18.4. The van der Waals surface area contributed by atoms with Crippen LogP contribution in [0.25, 0.3) is 6.08 Å². The van der Waals surface area contributed by atoms with Crippen molar-refractivity contribution < 1.29 is 14.3 Å². The van der Waals surface area contributed by atoms with Gasteiger partial charge in [0.05, 0.1) is 28.5 Å². The molecular formula is C25H20ClN3O4S. The molecule has 4 rings (SSSR count). The highest BCUT2D eigenvalue weighted by molar-refractivity contribution is 7.07. The SMILES string of the molecule is CCOC(=O)C1=C(C)N=c2s/c(=C\c3ccc(OCC#N)cc3)c(=O)n2[C@H]1c1ccc(Cl)cc1. The highest BCUT2D eigenvalue weighted by atomic mass is 35.5. The van der Waals surface area contributed by atoms with Gasteiger partial charge in [0.15, 0.2) is 11.4 Å². The molecule has 0 unspecified atom stereocenters. The second kappa shape index (κ2) is 10.1. The Morgan fingerprint density at radius 2 is 1.94 bits per heavy atom. The third-order valence-electron chi connectivity index (χ3n) is 5.18. The molecule has 0 radical (unpaired) electrons. The van der Waals surface area contributed by atoms with E-state index in [1.807, 2.05) is 6.07 Å². The average Bonchev–Trinajstić information content (AvgIpc) is 3.12. The Balaban J connectivity index is 1.84. The van der Waals surface area contributed by atoms with Crippen molar-refractivity contribution in [3.05, 3.63) is 95.6 Å². The van der Waals surface area contributed by atoms with Gasteiger partial charge in [-0.05, 0) is 55.3 Å². The summed E-state index contributed by atoms with van der Waals surface area (Å²) in [5, 5.41) is 9.19. The van der Waals surface area contributed by atoms with Crippen LogP contribution in [0.15, 0.2) is 69.6 Å². The van der Waals surface area contributed by atoms with Crippen LogP contribution in [0.4, 0.5) is 0 Å². The van der Waals surface area contributed by atoms with Crippen molar-refractivity contribution in [2.24, 2.45) is 4.99 Å². The molecule has 7 nitrogen and oxygen atoms in total. The topological polar surface area (TPSA) is 93.7 Å². The molecule has 1 atom stereocenters. The van der Waals surface area contributed by atoms with Gasteiger partial charge < -0.3 is 9.47 Å². The molecule has 2 aromatic carbocycles. The van der Waals surface area contributed by atoms with Crippen LogP contribution >= 0.6 is 22.9 Å². The lowest BCUT2D eigenvalue weighted by Gasteiger charge is -2.24. The number of rotatable bonds is 6. The van der Waals surface area contributed by atoms with Gasteiger partial charge in [-0.2, -0.15) is 5.26 Å². The summed E-state index contributed by atoms with van der Waals surface area (Å²) in [6.07, 6.45) is 1.76. The van der Waals surface area contributed by atoms with Gasteiger partial charge in [-0.15, -0.1) is 0 Å². The van der Waals surface area contributed by atoms with Crippen LogP contribution in [0, 0.1) is 11.3 Å². The van der Waals surface area contributed by atoms with Crippen molar-refractivity contribution in [2.75, 3.05) is 13.2 Å². The molecule has 0 aliphatic carbocycles. The number of aromatic nitrogens is 1. The molecule has 172 valence electrons.